The van der Waals surface area contributed by atoms with Crippen LogP contribution in [0.4, 0.5) is 5.69 Å². The highest BCUT2D eigenvalue weighted by Crippen LogP contribution is 2.25. The van der Waals surface area contributed by atoms with E-state index >= 15 is 0 Å². The normalized spacial score (nSPS) is 13.1. The summed E-state index contributed by atoms with van der Waals surface area (Å²) in [4.78, 5) is -0.0161. The maximum absolute atomic E-state index is 12.1. The molecule has 1 aromatic carbocycles. The van der Waals surface area contributed by atoms with E-state index in [1.54, 1.807) is 19.1 Å². The fourth-order valence-electron chi connectivity index (χ4n) is 1.52. The average Bonchev–Trinajstić information content (AvgIpc) is 2.24. The molecule has 4 nitrogen and oxygen atoms in total. The fourth-order valence-corrected chi connectivity index (χ4v) is 3.84. The van der Waals surface area contributed by atoms with E-state index in [1.165, 1.54) is 0 Å². The van der Waals surface area contributed by atoms with Crippen molar-refractivity contribution in [2.45, 2.75) is 25.5 Å². The number of anilines is 1. The number of hydrogen-bond acceptors (Lipinski definition) is 3. The molecule has 0 spiro atoms. The molecule has 0 aromatic heterocycles. The molecule has 0 aliphatic carbocycles. The lowest BCUT2D eigenvalue weighted by Gasteiger charge is -2.17. The summed E-state index contributed by atoms with van der Waals surface area (Å²) in [6, 6.07) is 5.30. The van der Waals surface area contributed by atoms with Crippen LogP contribution in [0.2, 0.25) is 0 Å². The number of hydrogen-bond donors (Lipinski definition) is 2. The second-order valence-electron chi connectivity index (χ2n) is 3.86. The predicted octanol–water partition coefficient (Wildman–Crippen LogP) is 2.56. The molecular weight excluding hydrogens is 336 g/mol. The maximum atomic E-state index is 12.1. The number of halogens is 1. The van der Waals surface area contributed by atoms with Crippen LogP contribution in [0.15, 0.2) is 22.7 Å². The number of sulfonamides is 1. The van der Waals surface area contributed by atoms with Gasteiger partial charge in [0.05, 0.1) is 10.7 Å². The molecule has 3 N–H and O–H groups in total. The Balaban J connectivity index is 3.10. The topological polar surface area (TPSA) is 72.2 Å². The molecule has 1 atom stereocenters. The number of benzene rings is 1. The lowest BCUT2D eigenvalue weighted by molar-refractivity contribution is 0.594. The molecular formula is C11H15BrN2O2S2. The van der Waals surface area contributed by atoms with E-state index in [0.29, 0.717) is 12.1 Å². The zero-order valence-corrected chi connectivity index (χ0v) is 13.3. The van der Waals surface area contributed by atoms with Crippen molar-refractivity contribution in [1.29, 1.82) is 0 Å². The molecule has 18 heavy (non-hydrogen) atoms. The molecule has 0 aliphatic rings. The molecule has 0 aliphatic heterocycles. The van der Waals surface area contributed by atoms with Crippen molar-refractivity contribution in [3.8, 4) is 0 Å². The van der Waals surface area contributed by atoms with Crippen molar-refractivity contribution < 1.29 is 8.42 Å². The van der Waals surface area contributed by atoms with Crippen molar-refractivity contribution in [3.05, 3.63) is 28.2 Å². The maximum Gasteiger partial charge on any atom is 0.242 e. The first-order chi connectivity index (χ1) is 8.29. The highest BCUT2D eigenvalue weighted by Gasteiger charge is 2.26. The largest absolute Gasteiger partial charge is 0.392 e. The van der Waals surface area contributed by atoms with E-state index < -0.39 is 15.3 Å². The van der Waals surface area contributed by atoms with Gasteiger partial charge < -0.3 is 5.73 Å². The van der Waals surface area contributed by atoms with E-state index in [-0.39, 0.29) is 4.99 Å². The summed E-state index contributed by atoms with van der Waals surface area (Å²) < 4.78 is 27.7. The molecule has 100 valence electrons. The Morgan fingerprint density at radius 3 is 2.67 bits per heavy atom. The minimum atomic E-state index is -3.60. The van der Waals surface area contributed by atoms with E-state index in [4.69, 9.17) is 18.0 Å². The first kappa shape index (κ1) is 15.4. The lowest BCUT2D eigenvalue weighted by Crippen LogP contribution is -2.37. The Hall–Kier alpha value is -0.660. The van der Waals surface area contributed by atoms with Crippen LogP contribution in [0.1, 0.15) is 18.9 Å². The number of nitrogens with one attached hydrogen (secondary N) is 1. The summed E-state index contributed by atoms with van der Waals surface area (Å²) in [5.41, 5.74) is 6.80. The third-order valence-corrected chi connectivity index (χ3v) is 5.72. The smallest absolute Gasteiger partial charge is 0.242 e. The Labute approximate surface area is 121 Å². The van der Waals surface area contributed by atoms with E-state index in [9.17, 15) is 8.42 Å². The zero-order chi connectivity index (χ0) is 13.9. The quantitative estimate of drug-likeness (QED) is 0.800. The third kappa shape index (κ3) is 3.43. The first-order valence-electron chi connectivity index (χ1n) is 5.35. The van der Waals surface area contributed by atoms with Gasteiger partial charge in [0.2, 0.25) is 10.0 Å². The monoisotopic (exact) mass is 350 g/mol. The third-order valence-electron chi connectivity index (χ3n) is 2.58. The van der Waals surface area contributed by atoms with Gasteiger partial charge in [-0.05, 0) is 31.0 Å². The zero-order valence-electron chi connectivity index (χ0n) is 10.1. The minimum Gasteiger partial charge on any atom is -0.392 e. The Bertz CT molecular complexity index is 558. The minimum absolute atomic E-state index is 0.0161. The van der Waals surface area contributed by atoms with Crippen molar-refractivity contribution >= 4 is 48.8 Å². The molecule has 0 saturated carbocycles. The van der Waals surface area contributed by atoms with Gasteiger partial charge in [0, 0.05) is 4.47 Å². The van der Waals surface area contributed by atoms with Crippen molar-refractivity contribution in [3.63, 3.8) is 0 Å². The van der Waals surface area contributed by atoms with Crippen LogP contribution in [0.5, 0.6) is 0 Å². The Kier molecular flexibility index (Phi) is 5.12. The van der Waals surface area contributed by atoms with Crippen molar-refractivity contribution in [1.82, 2.24) is 0 Å². The van der Waals surface area contributed by atoms with E-state index in [1.807, 2.05) is 13.0 Å². The predicted molar refractivity (Wildman–Crippen MR) is 82.3 cm³/mol. The van der Waals surface area contributed by atoms with Gasteiger partial charge in [-0.1, -0.05) is 41.1 Å². The molecule has 0 amide bonds. The van der Waals surface area contributed by atoms with Gasteiger partial charge >= 0.3 is 0 Å². The SMILES string of the molecule is CCC(C(N)=S)S(=O)(=O)Nc1cccc(Br)c1C. The Morgan fingerprint density at radius 2 is 2.17 bits per heavy atom. The van der Waals surface area contributed by atoms with Crippen LogP contribution in [-0.2, 0) is 10.0 Å². The summed E-state index contributed by atoms with van der Waals surface area (Å²) in [5, 5.41) is -0.856. The first-order valence-corrected chi connectivity index (χ1v) is 8.10. The Morgan fingerprint density at radius 1 is 1.56 bits per heavy atom. The van der Waals surface area contributed by atoms with E-state index in [0.717, 1.165) is 10.0 Å². The van der Waals surface area contributed by atoms with Crippen molar-refractivity contribution in [2.24, 2.45) is 5.73 Å². The molecule has 1 rings (SSSR count). The van der Waals surface area contributed by atoms with Gasteiger partial charge in [0.25, 0.3) is 0 Å². The highest BCUT2D eigenvalue weighted by atomic mass is 79.9. The van der Waals surface area contributed by atoms with Crippen LogP contribution in [-0.4, -0.2) is 18.7 Å². The molecule has 0 radical (unpaired) electrons. The molecule has 0 saturated heterocycles. The highest BCUT2D eigenvalue weighted by molar-refractivity contribution is 9.10. The second-order valence-corrected chi connectivity index (χ2v) is 7.05. The molecule has 0 heterocycles. The van der Waals surface area contributed by atoms with Gasteiger partial charge in [0.1, 0.15) is 5.25 Å². The summed E-state index contributed by atoms with van der Waals surface area (Å²) in [7, 11) is -3.60. The van der Waals surface area contributed by atoms with E-state index in [2.05, 4.69) is 20.7 Å². The van der Waals surface area contributed by atoms with Gasteiger partial charge in [0.15, 0.2) is 0 Å². The number of nitrogens with two attached hydrogens (primary N) is 1. The summed E-state index contributed by atoms with van der Waals surface area (Å²) in [6.07, 6.45) is 0.345. The van der Waals surface area contributed by atoms with Gasteiger partial charge in [-0.3, -0.25) is 4.72 Å². The molecule has 0 fully saturated rings. The van der Waals surface area contributed by atoms with Gasteiger partial charge in [-0.25, -0.2) is 8.42 Å². The van der Waals surface area contributed by atoms with Gasteiger partial charge in [-0.15, -0.1) is 0 Å². The average molecular weight is 351 g/mol. The summed E-state index contributed by atoms with van der Waals surface area (Å²) in [6.45, 7) is 3.56. The number of rotatable bonds is 5. The van der Waals surface area contributed by atoms with Crippen LogP contribution in [0.25, 0.3) is 0 Å². The molecule has 0 bridgehead atoms. The standard InChI is InChI=1S/C11H15BrN2O2S2/c1-3-10(11(13)17)18(15,16)14-9-6-4-5-8(12)7(9)2/h4-6,10,14H,3H2,1-2H3,(H2,13,17). The molecule has 7 heteroatoms. The van der Waals surface area contributed by atoms with Gasteiger partial charge in [-0.2, -0.15) is 0 Å². The lowest BCUT2D eigenvalue weighted by atomic mass is 10.2. The van der Waals surface area contributed by atoms with Crippen molar-refractivity contribution in [2.75, 3.05) is 4.72 Å². The second kappa shape index (κ2) is 5.99. The van der Waals surface area contributed by atoms with Crippen LogP contribution < -0.4 is 10.5 Å². The van der Waals surface area contributed by atoms with Crippen LogP contribution >= 0.6 is 28.1 Å². The fraction of sp³-hybridized carbons (Fsp3) is 0.364. The molecule has 1 aromatic rings. The molecule has 1 unspecified atom stereocenters. The van der Waals surface area contributed by atoms with Crippen LogP contribution in [0, 0.1) is 6.92 Å². The number of thiocarbonyl (C=S) groups is 1. The summed E-state index contributed by atoms with van der Waals surface area (Å²) in [5.74, 6) is 0. The summed E-state index contributed by atoms with van der Waals surface area (Å²) >= 11 is 8.14. The van der Waals surface area contributed by atoms with Crippen LogP contribution in [0.3, 0.4) is 0 Å².